The Bertz CT molecular complexity index is 795. The fourth-order valence-corrected chi connectivity index (χ4v) is 2.81. The molecule has 0 bridgehead atoms. The molecule has 0 radical (unpaired) electrons. The van der Waals surface area contributed by atoms with Gasteiger partial charge in [0, 0.05) is 5.70 Å². The minimum absolute atomic E-state index is 0.202. The van der Waals surface area contributed by atoms with Gasteiger partial charge in [-0.25, -0.2) is 9.59 Å². The van der Waals surface area contributed by atoms with Gasteiger partial charge in [-0.15, -0.1) is 0 Å². The highest BCUT2D eigenvalue weighted by Gasteiger charge is 2.35. The van der Waals surface area contributed by atoms with Crippen LogP contribution in [-0.2, 0) is 9.53 Å². The van der Waals surface area contributed by atoms with Crippen molar-refractivity contribution in [3.8, 4) is 11.5 Å². The molecule has 0 aromatic heterocycles. The average molecular weight is 405 g/mol. The lowest BCUT2D eigenvalue weighted by Gasteiger charge is -2.32. The zero-order valence-electron chi connectivity index (χ0n) is 18.3. The molecule has 2 atom stereocenters. The number of esters is 1. The van der Waals surface area contributed by atoms with Gasteiger partial charge in [-0.2, -0.15) is 0 Å². The minimum Gasteiger partial charge on any atom is -0.493 e. The fourth-order valence-electron chi connectivity index (χ4n) is 2.81. The summed E-state index contributed by atoms with van der Waals surface area (Å²) in [6.45, 7) is 12.2. The summed E-state index contributed by atoms with van der Waals surface area (Å²) >= 11 is 0. The summed E-state index contributed by atoms with van der Waals surface area (Å²) in [6.07, 6.45) is 0.576. The van der Waals surface area contributed by atoms with Crippen LogP contribution in [-0.4, -0.2) is 31.8 Å². The van der Waals surface area contributed by atoms with Crippen molar-refractivity contribution < 1.29 is 23.8 Å². The van der Waals surface area contributed by atoms with Crippen LogP contribution in [0.1, 0.15) is 59.6 Å². The summed E-state index contributed by atoms with van der Waals surface area (Å²) in [7, 11) is 1.56. The smallest absolute Gasteiger partial charge is 0.338 e. The molecule has 0 aliphatic carbocycles. The van der Waals surface area contributed by atoms with Gasteiger partial charge in [0.15, 0.2) is 11.5 Å². The number of amides is 2. The van der Waals surface area contributed by atoms with Gasteiger partial charge in [0.1, 0.15) is 6.10 Å². The second-order valence-electron chi connectivity index (χ2n) is 8.24. The molecule has 0 spiro atoms. The Hall–Kier alpha value is -2.70. The zero-order chi connectivity index (χ0) is 21.8. The molecule has 0 unspecified atom stereocenters. The summed E-state index contributed by atoms with van der Waals surface area (Å²) in [5.74, 6) is 0.689. The van der Waals surface area contributed by atoms with Gasteiger partial charge < -0.3 is 24.8 Å². The van der Waals surface area contributed by atoms with Crippen molar-refractivity contribution >= 4 is 12.0 Å². The second-order valence-corrected chi connectivity index (χ2v) is 8.24. The molecule has 1 aliphatic heterocycles. The molecular weight excluding hydrogens is 372 g/mol. The normalized spacial score (nSPS) is 17.9. The van der Waals surface area contributed by atoms with Crippen LogP contribution in [0.3, 0.4) is 0 Å². The van der Waals surface area contributed by atoms with E-state index < -0.39 is 12.0 Å². The van der Waals surface area contributed by atoms with E-state index in [1.165, 1.54) is 0 Å². The molecule has 29 heavy (non-hydrogen) atoms. The van der Waals surface area contributed by atoms with Crippen molar-refractivity contribution in [1.29, 1.82) is 0 Å². The Kier molecular flexibility index (Phi) is 7.16. The van der Waals surface area contributed by atoms with Gasteiger partial charge in [0.2, 0.25) is 0 Å². The van der Waals surface area contributed by atoms with E-state index in [1.54, 1.807) is 26.2 Å². The van der Waals surface area contributed by atoms with Crippen LogP contribution in [0, 0.1) is 5.41 Å². The van der Waals surface area contributed by atoms with Gasteiger partial charge in [-0.1, -0.05) is 33.8 Å². The van der Waals surface area contributed by atoms with Gasteiger partial charge in [-0.05, 0) is 43.4 Å². The highest BCUT2D eigenvalue weighted by atomic mass is 16.5. The van der Waals surface area contributed by atoms with Crippen LogP contribution < -0.4 is 20.1 Å². The Morgan fingerprint density at radius 2 is 1.93 bits per heavy atom. The Labute approximate surface area is 172 Å². The van der Waals surface area contributed by atoms with Crippen molar-refractivity contribution in [2.75, 3.05) is 13.7 Å². The Morgan fingerprint density at radius 3 is 2.52 bits per heavy atom. The van der Waals surface area contributed by atoms with Gasteiger partial charge in [-0.3, -0.25) is 0 Å². The molecule has 1 aromatic rings. The average Bonchev–Trinajstić information content (AvgIpc) is 2.64. The lowest BCUT2D eigenvalue weighted by Crippen LogP contribution is -2.46. The summed E-state index contributed by atoms with van der Waals surface area (Å²) in [4.78, 5) is 25.1. The largest absolute Gasteiger partial charge is 0.493 e. The molecule has 0 saturated heterocycles. The lowest BCUT2D eigenvalue weighted by atomic mass is 9.90. The molecule has 1 heterocycles. The highest BCUT2D eigenvalue weighted by molar-refractivity contribution is 5.95. The Balaban J connectivity index is 2.39. The van der Waals surface area contributed by atoms with E-state index in [1.807, 2.05) is 40.7 Å². The van der Waals surface area contributed by atoms with E-state index in [9.17, 15) is 9.59 Å². The topological polar surface area (TPSA) is 85.9 Å². The van der Waals surface area contributed by atoms with Crippen molar-refractivity contribution in [3.63, 3.8) is 0 Å². The zero-order valence-corrected chi connectivity index (χ0v) is 18.3. The van der Waals surface area contributed by atoms with Crippen LogP contribution in [0.5, 0.6) is 11.5 Å². The maximum atomic E-state index is 13.0. The minimum atomic E-state index is -0.655. The maximum absolute atomic E-state index is 13.0. The molecule has 2 amide bonds. The monoisotopic (exact) mass is 404 g/mol. The molecule has 7 nitrogen and oxygen atoms in total. The van der Waals surface area contributed by atoms with Crippen molar-refractivity contribution in [2.45, 2.75) is 60.1 Å². The SMILES string of the molecule is CCCOc1ccc([C@H]2NC(=O)NC(C)=C2C(=O)O[C@H](C)C(C)(C)C)cc1OC. The number of carbonyl (C=O) groups is 2. The first-order valence-electron chi connectivity index (χ1n) is 9.88. The molecule has 0 fully saturated rings. The molecule has 0 saturated carbocycles. The van der Waals surface area contributed by atoms with E-state index in [0.717, 1.165) is 6.42 Å². The van der Waals surface area contributed by atoms with E-state index in [4.69, 9.17) is 14.2 Å². The van der Waals surface area contributed by atoms with Crippen LogP contribution in [0.2, 0.25) is 0 Å². The number of rotatable bonds is 7. The number of benzene rings is 1. The summed E-state index contributed by atoms with van der Waals surface area (Å²) in [5, 5.41) is 5.48. The molecule has 2 N–H and O–H groups in total. The number of carbonyl (C=O) groups excluding carboxylic acids is 2. The molecule has 1 aliphatic rings. The van der Waals surface area contributed by atoms with Crippen LogP contribution in [0.4, 0.5) is 4.79 Å². The van der Waals surface area contributed by atoms with Crippen molar-refractivity contribution in [3.05, 3.63) is 35.0 Å². The first-order chi connectivity index (χ1) is 13.6. The van der Waals surface area contributed by atoms with E-state index in [-0.39, 0.29) is 17.6 Å². The van der Waals surface area contributed by atoms with Crippen LogP contribution >= 0.6 is 0 Å². The molecular formula is C22H32N2O5. The molecule has 2 rings (SSSR count). The third-order valence-electron chi connectivity index (χ3n) is 4.98. The number of hydrogen-bond donors (Lipinski definition) is 2. The number of methoxy groups -OCH3 is 1. The number of nitrogens with one attached hydrogen (secondary N) is 2. The van der Waals surface area contributed by atoms with Crippen LogP contribution in [0.15, 0.2) is 29.5 Å². The predicted molar refractivity (Wildman–Crippen MR) is 111 cm³/mol. The first kappa shape index (κ1) is 22.6. The lowest BCUT2D eigenvalue weighted by molar-refractivity contribution is -0.149. The third kappa shape index (κ3) is 5.43. The second kappa shape index (κ2) is 9.20. The fraction of sp³-hybridized carbons (Fsp3) is 0.545. The third-order valence-corrected chi connectivity index (χ3v) is 4.98. The first-order valence-corrected chi connectivity index (χ1v) is 9.88. The van der Waals surface area contributed by atoms with E-state index in [0.29, 0.717) is 34.9 Å². The van der Waals surface area contributed by atoms with Gasteiger partial charge >= 0.3 is 12.0 Å². The highest BCUT2D eigenvalue weighted by Crippen LogP contribution is 2.35. The quantitative estimate of drug-likeness (QED) is 0.669. The van der Waals surface area contributed by atoms with E-state index >= 15 is 0 Å². The Morgan fingerprint density at radius 1 is 1.24 bits per heavy atom. The molecule has 160 valence electrons. The number of hydrogen-bond acceptors (Lipinski definition) is 5. The van der Waals surface area contributed by atoms with E-state index in [2.05, 4.69) is 10.6 Å². The number of allylic oxidation sites excluding steroid dienone is 1. The van der Waals surface area contributed by atoms with Crippen molar-refractivity contribution in [1.82, 2.24) is 10.6 Å². The summed E-state index contributed by atoms with van der Waals surface area (Å²) < 4.78 is 16.8. The maximum Gasteiger partial charge on any atom is 0.338 e. The van der Waals surface area contributed by atoms with Gasteiger partial charge in [0.05, 0.1) is 25.3 Å². The summed E-state index contributed by atoms with van der Waals surface area (Å²) in [6, 6.07) is 4.34. The van der Waals surface area contributed by atoms with Gasteiger partial charge in [0.25, 0.3) is 0 Å². The van der Waals surface area contributed by atoms with Crippen LogP contribution in [0.25, 0.3) is 0 Å². The number of urea groups is 1. The van der Waals surface area contributed by atoms with Crippen molar-refractivity contribution in [2.24, 2.45) is 5.41 Å². The molecule has 7 heteroatoms. The predicted octanol–water partition coefficient (Wildman–Crippen LogP) is 4.09. The molecule has 1 aromatic carbocycles. The summed E-state index contributed by atoms with van der Waals surface area (Å²) in [5.41, 5.74) is 1.34. The standard InChI is InChI=1S/C22H32N2O5/c1-8-11-28-16-10-9-15(12-17(16)27-7)19-18(13(2)23-21(26)24-19)20(25)29-14(3)22(4,5)6/h9-10,12,14,19H,8,11H2,1-7H3,(H2,23,24,26)/t14-,19-/m1/s1. The number of ether oxygens (including phenoxy) is 3.